The highest BCUT2D eigenvalue weighted by atomic mass is 16.5. The predicted molar refractivity (Wildman–Crippen MR) is 94.5 cm³/mol. The summed E-state index contributed by atoms with van der Waals surface area (Å²) in [7, 11) is 0. The Kier molecular flexibility index (Phi) is 4.70. The zero-order valence-electron chi connectivity index (χ0n) is 14.4. The van der Waals surface area contributed by atoms with Crippen molar-refractivity contribution < 1.29 is 9.53 Å². The van der Waals surface area contributed by atoms with E-state index in [4.69, 9.17) is 4.74 Å². The highest BCUT2D eigenvalue weighted by molar-refractivity contribution is 5.96. The first-order valence-electron chi connectivity index (χ1n) is 9.02. The van der Waals surface area contributed by atoms with Crippen LogP contribution in [-0.4, -0.2) is 46.8 Å². The van der Waals surface area contributed by atoms with Gasteiger partial charge in [0.2, 0.25) is 5.88 Å². The molecule has 132 valence electrons. The third kappa shape index (κ3) is 3.69. The van der Waals surface area contributed by atoms with Crippen LogP contribution in [0, 0.1) is 5.92 Å². The molecule has 1 aromatic carbocycles. The third-order valence-corrected chi connectivity index (χ3v) is 4.96. The number of fused-ring (bicyclic) bond motifs is 1. The molecule has 0 spiro atoms. The third-order valence-electron chi connectivity index (χ3n) is 4.96. The Hall–Kier alpha value is -2.34. The summed E-state index contributed by atoms with van der Waals surface area (Å²) in [6, 6.07) is 10.5. The first-order valence-corrected chi connectivity index (χ1v) is 9.02. The van der Waals surface area contributed by atoms with E-state index in [0.717, 1.165) is 39.0 Å². The number of nitrogens with one attached hydrogen (secondary N) is 1. The molecule has 6 heteroatoms. The van der Waals surface area contributed by atoms with E-state index in [1.54, 1.807) is 10.9 Å². The second-order valence-corrected chi connectivity index (χ2v) is 6.87. The first kappa shape index (κ1) is 16.1. The molecule has 2 aliphatic rings. The van der Waals surface area contributed by atoms with Gasteiger partial charge in [-0.1, -0.05) is 30.3 Å². The highest BCUT2D eigenvalue weighted by Gasteiger charge is 2.25. The molecule has 1 amide bonds. The van der Waals surface area contributed by atoms with E-state index >= 15 is 0 Å². The van der Waals surface area contributed by atoms with E-state index in [-0.39, 0.29) is 5.91 Å². The van der Waals surface area contributed by atoms with Crippen LogP contribution >= 0.6 is 0 Å². The van der Waals surface area contributed by atoms with Crippen molar-refractivity contribution in [3.63, 3.8) is 0 Å². The summed E-state index contributed by atoms with van der Waals surface area (Å²) in [6.45, 7) is 5.27. The molecule has 1 N–H and O–H groups in total. The summed E-state index contributed by atoms with van der Waals surface area (Å²) >= 11 is 0. The van der Waals surface area contributed by atoms with Gasteiger partial charge in [0.25, 0.3) is 5.91 Å². The quantitative estimate of drug-likeness (QED) is 0.903. The summed E-state index contributed by atoms with van der Waals surface area (Å²) in [6.07, 6.45) is 3.68. The van der Waals surface area contributed by atoms with E-state index < -0.39 is 0 Å². The van der Waals surface area contributed by atoms with Gasteiger partial charge < -0.3 is 10.1 Å². The number of ether oxygens (including phenoxy) is 1. The summed E-state index contributed by atoms with van der Waals surface area (Å²) in [5.41, 5.74) is 1.90. The number of carbonyl (C=O) groups is 1. The fourth-order valence-corrected chi connectivity index (χ4v) is 3.62. The molecule has 2 aliphatic heterocycles. The molecule has 0 saturated carbocycles. The molecule has 4 rings (SSSR count). The molecule has 0 aliphatic carbocycles. The van der Waals surface area contributed by atoms with Crippen molar-refractivity contribution in [3.05, 3.63) is 47.7 Å². The monoisotopic (exact) mass is 340 g/mol. The highest BCUT2D eigenvalue weighted by Crippen LogP contribution is 2.23. The first-order chi connectivity index (χ1) is 12.3. The molecule has 0 radical (unpaired) electrons. The minimum atomic E-state index is -0.0790. The normalized spacial score (nSPS) is 20.1. The van der Waals surface area contributed by atoms with Crippen LogP contribution in [0.25, 0.3) is 0 Å². The Bertz CT molecular complexity index is 728. The molecule has 2 aromatic rings. The van der Waals surface area contributed by atoms with Gasteiger partial charge >= 0.3 is 0 Å². The number of hydrogen-bond donors (Lipinski definition) is 1. The fraction of sp³-hybridized carbons (Fsp3) is 0.474. The molecule has 1 aromatic heterocycles. The summed E-state index contributed by atoms with van der Waals surface area (Å²) in [5, 5.41) is 7.30. The largest absolute Gasteiger partial charge is 0.477 e. The Morgan fingerprint density at radius 3 is 3.04 bits per heavy atom. The van der Waals surface area contributed by atoms with Gasteiger partial charge in [-0.2, -0.15) is 5.10 Å². The number of nitrogens with zero attached hydrogens (tertiary/aromatic N) is 3. The summed E-state index contributed by atoms with van der Waals surface area (Å²) < 4.78 is 7.38. The Morgan fingerprint density at radius 2 is 2.16 bits per heavy atom. The van der Waals surface area contributed by atoms with Crippen molar-refractivity contribution in [1.82, 2.24) is 20.0 Å². The van der Waals surface area contributed by atoms with Crippen LogP contribution in [0.3, 0.4) is 0 Å². The van der Waals surface area contributed by atoms with Crippen molar-refractivity contribution in [2.75, 3.05) is 26.2 Å². The molecule has 1 atom stereocenters. The predicted octanol–water partition coefficient (Wildman–Crippen LogP) is 1.92. The van der Waals surface area contributed by atoms with Crippen LogP contribution in [0.15, 0.2) is 36.5 Å². The van der Waals surface area contributed by atoms with Gasteiger partial charge in [-0.15, -0.1) is 0 Å². The van der Waals surface area contributed by atoms with E-state index in [9.17, 15) is 4.79 Å². The molecule has 1 fully saturated rings. The van der Waals surface area contributed by atoms with Crippen LogP contribution in [0.4, 0.5) is 0 Å². The summed E-state index contributed by atoms with van der Waals surface area (Å²) in [5.74, 6) is 1.03. The molecular weight excluding hydrogens is 316 g/mol. The van der Waals surface area contributed by atoms with Crippen LogP contribution < -0.4 is 10.1 Å². The Labute approximate surface area is 147 Å². The van der Waals surface area contributed by atoms with E-state index in [1.165, 1.54) is 5.56 Å². The number of amides is 1. The lowest BCUT2D eigenvalue weighted by atomic mass is 10.1. The van der Waals surface area contributed by atoms with Crippen molar-refractivity contribution >= 4 is 5.91 Å². The van der Waals surface area contributed by atoms with E-state index in [1.807, 2.05) is 6.07 Å². The van der Waals surface area contributed by atoms with Gasteiger partial charge in [0, 0.05) is 32.6 Å². The van der Waals surface area contributed by atoms with E-state index in [0.29, 0.717) is 30.5 Å². The van der Waals surface area contributed by atoms with Crippen LogP contribution in [0.5, 0.6) is 5.88 Å². The Balaban J connectivity index is 1.28. The van der Waals surface area contributed by atoms with Crippen LogP contribution in [0.2, 0.25) is 0 Å². The molecule has 6 nitrogen and oxygen atoms in total. The zero-order chi connectivity index (χ0) is 17.1. The number of benzene rings is 1. The number of carbonyl (C=O) groups excluding carboxylic acids is 1. The van der Waals surface area contributed by atoms with Crippen LogP contribution in [0.1, 0.15) is 28.8 Å². The van der Waals surface area contributed by atoms with Gasteiger partial charge in [0.05, 0.1) is 12.8 Å². The van der Waals surface area contributed by atoms with Gasteiger partial charge in [0.15, 0.2) is 0 Å². The SMILES string of the molecule is O=C(NCC1CCN(Cc2ccccc2)C1)c1cnn2c1OCCC2. The maximum absolute atomic E-state index is 12.4. The molecule has 3 heterocycles. The second-order valence-electron chi connectivity index (χ2n) is 6.87. The van der Waals surface area contributed by atoms with Crippen molar-refractivity contribution in [2.24, 2.45) is 5.92 Å². The minimum Gasteiger partial charge on any atom is -0.477 e. The van der Waals surface area contributed by atoms with Gasteiger partial charge in [0.1, 0.15) is 5.56 Å². The lowest BCUT2D eigenvalue weighted by Gasteiger charge is -2.17. The minimum absolute atomic E-state index is 0.0790. The smallest absolute Gasteiger partial charge is 0.258 e. The van der Waals surface area contributed by atoms with Crippen molar-refractivity contribution in [3.8, 4) is 5.88 Å². The standard InChI is InChI=1S/C19H24N4O2/c24-18(17-12-21-23-8-4-10-25-19(17)23)20-11-16-7-9-22(14-16)13-15-5-2-1-3-6-15/h1-3,5-6,12,16H,4,7-11,13-14H2,(H,20,24). The van der Waals surface area contributed by atoms with E-state index in [2.05, 4.69) is 39.6 Å². The maximum Gasteiger partial charge on any atom is 0.258 e. The maximum atomic E-state index is 12.4. The fourth-order valence-electron chi connectivity index (χ4n) is 3.62. The van der Waals surface area contributed by atoms with Crippen LogP contribution in [-0.2, 0) is 13.1 Å². The second kappa shape index (κ2) is 7.27. The van der Waals surface area contributed by atoms with Crippen molar-refractivity contribution in [2.45, 2.75) is 25.9 Å². The summed E-state index contributed by atoms with van der Waals surface area (Å²) in [4.78, 5) is 14.9. The molecule has 1 unspecified atom stereocenters. The Morgan fingerprint density at radius 1 is 1.28 bits per heavy atom. The molecule has 1 saturated heterocycles. The molecule has 25 heavy (non-hydrogen) atoms. The number of rotatable bonds is 5. The van der Waals surface area contributed by atoms with Gasteiger partial charge in [-0.25, -0.2) is 4.68 Å². The average molecular weight is 340 g/mol. The molecular formula is C19H24N4O2. The number of hydrogen-bond acceptors (Lipinski definition) is 4. The lowest BCUT2D eigenvalue weighted by Crippen LogP contribution is -2.31. The average Bonchev–Trinajstić information content (AvgIpc) is 3.27. The number of aromatic nitrogens is 2. The topological polar surface area (TPSA) is 59.4 Å². The van der Waals surface area contributed by atoms with Crippen molar-refractivity contribution in [1.29, 1.82) is 0 Å². The van der Waals surface area contributed by atoms with Gasteiger partial charge in [-0.05, 0) is 24.4 Å². The number of likely N-dealkylation sites (tertiary alicyclic amines) is 1. The number of aryl methyl sites for hydroxylation is 1. The lowest BCUT2D eigenvalue weighted by molar-refractivity contribution is 0.0940. The molecule has 0 bridgehead atoms. The zero-order valence-corrected chi connectivity index (χ0v) is 14.4. The van der Waals surface area contributed by atoms with Gasteiger partial charge in [-0.3, -0.25) is 9.69 Å².